The van der Waals surface area contributed by atoms with Crippen molar-refractivity contribution in [2.45, 2.75) is 38.1 Å². The Morgan fingerprint density at radius 3 is 2.24 bits per heavy atom. The van der Waals surface area contributed by atoms with E-state index in [0.717, 1.165) is 23.7 Å². The molecule has 1 aromatic rings. The van der Waals surface area contributed by atoms with Crippen LogP contribution >= 0.6 is 0 Å². The smallest absolute Gasteiger partial charge is 0.337 e. The van der Waals surface area contributed by atoms with Crippen molar-refractivity contribution in [1.29, 1.82) is 0 Å². The standard InChI is InChI=1S/C17H22N2O2/c20-17(21)14-3-1-2-4-15(14)18-19-16-12-6-10-5-11(8-12)9-13(16)7-10/h1-4,10-13,16,18-19H,5-9H2,(H,20,21). The Hall–Kier alpha value is -1.55. The molecule has 0 atom stereocenters. The number of aromatic carboxylic acids is 1. The summed E-state index contributed by atoms with van der Waals surface area (Å²) in [4.78, 5) is 11.2. The highest BCUT2D eigenvalue weighted by molar-refractivity contribution is 5.94. The van der Waals surface area contributed by atoms with Gasteiger partial charge in [0.1, 0.15) is 0 Å². The van der Waals surface area contributed by atoms with Crippen LogP contribution in [0.5, 0.6) is 0 Å². The van der Waals surface area contributed by atoms with E-state index >= 15 is 0 Å². The second-order valence-corrected chi connectivity index (χ2v) is 7.08. The summed E-state index contributed by atoms with van der Waals surface area (Å²) >= 11 is 0. The van der Waals surface area contributed by atoms with Crippen LogP contribution in [0.3, 0.4) is 0 Å². The molecule has 4 bridgehead atoms. The third-order valence-electron chi connectivity index (χ3n) is 5.76. The monoisotopic (exact) mass is 286 g/mol. The highest BCUT2D eigenvalue weighted by atomic mass is 16.4. The molecule has 0 amide bonds. The highest BCUT2D eigenvalue weighted by Crippen LogP contribution is 2.53. The molecule has 5 rings (SSSR count). The topological polar surface area (TPSA) is 61.4 Å². The molecule has 0 radical (unpaired) electrons. The third kappa shape index (κ3) is 2.31. The normalized spacial score (nSPS) is 36.7. The van der Waals surface area contributed by atoms with E-state index < -0.39 is 5.97 Å². The lowest BCUT2D eigenvalue weighted by atomic mass is 9.54. The van der Waals surface area contributed by atoms with Gasteiger partial charge in [-0.3, -0.25) is 0 Å². The molecule has 21 heavy (non-hydrogen) atoms. The molecule has 4 saturated carbocycles. The Morgan fingerprint density at radius 2 is 1.62 bits per heavy atom. The van der Waals surface area contributed by atoms with Crippen molar-refractivity contribution in [3.63, 3.8) is 0 Å². The van der Waals surface area contributed by atoms with Crippen LogP contribution in [-0.2, 0) is 0 Å². The minimum atomic E-state index is -0.884. The van der Waals surface area contributed by atoms with Gasteiger partial charge in [0.15, 0.2) is 0 Å². The minimum absolute atomic E-state index is 0.328. The zero-order valence-corrected chi connectivity index (χ0v) is 12.1. The van der Waals surface area contributed by atoms with Crippen LogP contribution in [0.25, 0.3) is 0 Å². The molecule has 0 heterocycles. The molecule has 4 aliphatic carbocycles. The van der Waals surface area contributed by atoms with Crippen LogP contribution in [0.2, 0.25) is 0 Å². The fraction of sp³-hybridized carbons (Fsp3) is 0.588. The van der Waals surface area contributed by atoms with Gasteiger partial charge < -0.3 is 10.5 Å². The first kappa shape index (κ1) is 13.1. The van der Waals surface area contributed by atoms with Crippen molar-refractivity contribution < 1.29 is 9.90 Å². The van der Waals surface area contributed by atoms with E-state index in [2.05, 4.69) is 10.9 Å². The first-order chi connectivity index (χ1) is 10.2. The Kier molecular flexibility index (Phi) is 3.14. The lowest BCUT2D eigenvalue weighted by Gasteiger charge is -2.54. The van der Waals surface area contributed by atoms with Gasteiger partial charge in [-0.25, -0.2) is 10.2 Å². The first-order valence-corrected chi connectivity index (χ1v) is 8.04. The number of para-hydroxylation sites is 1. The van der Waals surface area contributed by atoms with Crippen LogP contribution in [-0.4, -0.2) is 17.1 Å². The predicted octanol–water partition coefficient (Wildman–Crippen LogP) is 3.13. The summed E-state index contributed by atoms with van der Waals surface area (Å²) < 4.78 is 0. The molecule has 0 aromatic heterocycles. The molecular weight excluding hydrogens is 264 g/mol. The Bertz CT molecular complexity index is 529. The number of nitrogens with one attached hydrogen (secondary N) is 2. The molecule has 3 N–H and O–H groups in total. The van der Waals surface area contributed by atoms with Crippen LogP contribution in [0.15, 0.2) is 24.3 Å². The lowest BCUT2D eigenvalue weighted by molar-refractivity contribution is -0.0110. The largest absolute Gasteiger partial charge is 0.478 e. The number of carbonyl (C=O) groups is 1. The number of carboxylic acids is 1. The Morgan fingerprint density at radius 1 is 1.00 bits per heavy atom. The van der Waals surface area contributed by atoms with Gasteiger partial charge in [-0.05, 0) is 67.9 Å². The number of rotatable bonds is 4. The van der Waals surface area contributed by atoms with E-state index in [4.69, 9.17) is 0 Å². The van der Waals surface area contributed by atoms with Crippen molar-refractivity contribution in [2.24, 2.45) is 23.7 Å². The molecule has 0 unspecified atom stereocenters. The summed E-state index contributed by atoms with van der Waals surface area (Å²) in [5, 5.41) is 9.24. The summed E-state index contributed by atoms with van der Waals surface area (Å²) in [6.45, 7) is 0. The fourth-order valence-corrected chi connectivity index (χ4v) is 5.10. The van der Waals surface area contributed by atoms with Gasteiger partial charge in [0, 0.05) is 6.04 Å². The minimum Gasteiger partial charge on any atom is -0.478 e. The molecule has 4 fully saturated rings. The average Bonchev–Trinajstić information content (AvgIpc) is 2.46. The molecular formula is C17H22N2O2. The molecule has 4 nitrogen and oxygen atoms in total. The summed E-state index contributed by atoms with van der Waals surface area (Å²) in [7, 11) is 0. The molecule has 1 aromatic carbocycles. The van der Waals surface area contributed by atoms with Gasteiger partial charge in [-0.2, -0.15) is 0 Å². The molecule has 0 saturated heterocycles. The molecule has 0 spiro atoms. The van der Waals surface area contributed by atoms with Crippen LogP contribution in [0, 0.1) is 23.7 Å². The second kappa shape index (κ2) is 5.02. The van der Waals surface area contributed by atoms with Crippen molar-refractivity contribution in [1.82, 2.24) is 5.43 Å². The van der Waals surface area contributed by atoms with E-state index in [0.29, 0.717) is 17.3 Å². The van der Waals surface area contributed by atoms with E-state index in [1.54, 1.807) is 12.1 Å². The maximum Gasteiger partial charge on any atom is 0.337 e. The Labute approximate surface area is 124 Å². The maximum atomic E-state index is 11.2. The van der Waals surface area contributed by atoms with E-state index in [9.17, 15) is 9.90 Å². The van der Waals surface area contributed by atoms with Crippen LogP contribution in [0.1, 0.15) is 42.5 Å². The summed E-state index contributed by atoms with van der Waals surface area (Å²) in [5.74, 6) is 2.56. The van der Waals surface area contributed by atoms with E-state index in [1.807, 2.05) is 12.1 Å². The maximum absolute atomic E-state index is 11.2. The van der Waals surface area contributed by atoms with Crippen molar-refractivity contribution in [2.75, 3.05) is 5.43 Å². The number of hydrogen-bond acceptors (Lipinski definition) is 3. The van der Waals surface area contributed by atoms with Gasteiger partial charge in [0.2, 0.25) is 0 Å². The summed E-state index contributed by atoms with van der Waals surface area (Å²) in [6, 6.07) is 7.60. The van der Waals surface area contributed by atoms with Crippen molar-refractivity contribution in [3.05, 3.63) is 29.8 Å². The van der Waals surface area contributed by atoms with Gasteiger partial charge in [-0.15, -0.1) is 0 Å². The SMILES string of the molecule is O=C(O)c1ccccc1NNC1C2CC3CC(C2)CC1C3. The van der Waals surface area contributed by atoms with Crippen LogP contribution in [0.4, 0.5) is 5.69 Å². The van der Waals surface area contributed by atoms with E-state index in [1.165, 1.54) is 32.1 Å². The van der Waals surface area contributed by atoms with Crippen molar-refractivity contribution in [3.8, 4) is 0 Å². The lowest BCUT2D eigenvalue weighted by Crippen LogP contribution is -2.55. The Balaban J connectivity index is 1.47. The average molecular weight is 286 g/mol. The second-order valence-electron chi connectivity index (χ2n) is 7.08. The number of hydrogen-bond donors (Lipinski definition) is 3. The number of benzene rings is 1. The fourth-order valence-electron chi connectivity index (χ4n) is 5.10. The number of hydrazine groups is 1. The van der Waals surface area contributed by atoms with Gasteiger partial charge in [0.25, 0.3) is 0 Å². The summed E-state index contributed by atoms with van der Waals surface area (Å²) in [6.07, 6.45) is 6.87. The number of anilines is 1. The first-order valence-electron chi connectivity index (χ1n) is 8.04. The van der Waals surface area contributed by atoms with E-state index in [-0.39, 0.29) is 0 Å². The quantitative estimate of drug-likeness (QED) is 0.744. The zero-order valence-electron chi connectivity index (χ0n) is 12.1. The summed E-state index contributed by atoms with van der Waals surface area (Å²) in [5.41, 5.74) is 7.65. The van der Waals surface area contributed by atoms with Gasteiger partial charge in [0.05, 0.1) is 11.3 Å². The number of carboxylic acid groups (broad SMARTS) is 1. The zero-order chi connectivity index (χ0) is 14.4. The molecule has 112 valence electrons. The van der Waals surface area contributed by atoms with Crippen molar-refractivity contribution >= 4 is 11.7 Å². The van der Waals surface area contributed by atoms with Crippen LogP contribution < -0.4 is 10.9 Å². The molecule has 4 aliphatic rings. The molecule has 0 aliphatic heterocycles. The predicted molar refractivity (Wildman–Crippen MR) is 81.0 cm³/mol. The third-order valence-corrected chi connectivity index (χ3v) is 5.76. The molecule has 4 heteroatoms. The highest BCUT2D eigenvalue weighted by Gasteiger charge is 2.48. The van der Waals surface area contributed by atoms with Gasteiger partial charge >= 0.3 is 5.97 Å². The van der Waals surface area contributed by atoms with Gasteiger partial charge in [-0.1, -0.05) is 12.1 Å².